The number of anilines is 2. The number of halogens is 1. The van der Waals surface area contributed by atoms with Gasteiger partial charge in [-0.3, -0.25) is 25.3 Å². The van der Waals surface area contributed by atoms with Crippen molar-refractivity contribution in [1.29, 1.82) is 0 Å². The van der Waals surface area contributed by atoms with Crippen molar-refractivity contribution in [3.05, 3.63) is 80.9 Å². The summed E-state index contributed by atoms with van der Waals surface area (Å²) in [5.74, 6) is -0.525. The second-order valence-corrected chi connectivity index (χ2v) is 11.5. The Morgan fingerprint density at radius 3 is 2.77 bits per heavy atom. The van der Waals surface area contributed by atoms with Crippen LogP contribution in [-0.4, -0.2) is 41.3 Å². The number of aromatic nitrogens is 1. The molecule has 0 saturated carbocycles. The molecule has 2 unspecified atom stereocenters. The van der Waals surface area contributed by atoms with Gasteiger partial charge in [-0.2, -0.15) is 0 Å². The Hall–Kier alpha value is -3.76. The van der Waals surface area contributed by atoms with Crippen LogP contribution in [0.25, 0.3) is 5.70 Å². The summed E-state index contributed by atoms with van der Waals surface area (Å²) in [6, 6.07) is 10.0. The Morgan fingerprint density at radius 2 is 2.00 bits per heavy atom. The van der Waals surface area contributed by atoms with Gasteiger partial charge in [0, 0.05) is 22.7 Å². The maximum absolute atomic E-state index is 14.7. The molecule has 1 aromatic carbocycles. The minimum absolute atomic E-state index is 0.0853. The fourth-order valence-electron chi connectivity index (χ4n) is 5.52. The van der Waals surface area contributed by atoms with E-state index in [1.165, 1.54) is 34.3 Å². The molecular formula is C29H31FN6O2S. The molecule has 6 rings (SSSR count). The van der Waals surface area contributed by atoms with Gasteiger partial charge in [-0.1, -0.05) is 6.07 Å². The predicted molar refractivity (Wildman–Crippen MR) is 151 cm³/mol. The Labute approximate surface area is 230 Å². The number of rotatable bonds is 6. The van der Waals surface area contributed by atoms with Crippen molar-refractivity contribution in [2.75, 3.05) is 24.2 Å². The third kappa shape index (κ3) is 5.39. The Bertz CT molecular complexity index is 1410. The maximum Gasteiger partial charge on any atom is 0.265 e. The number of hydrogen-bond acceptors (Lipinski definition) is 7. The molecule has 202 valence electrons. The summed E-state index contributed by atoms with van der Waals surface area (Å²) in [6.45, 7) is 1.08. The average molecular weight is 547 g/mol. The van der Waals surface area contributed by atoms with E-state index in [0.717, 1.165) is 44.2 Å². The number of likely N-dealkylation sites (tertiary alicyclic amines) is 1. The molecule has 3 aliphatic rings. The van der Waals surface area contributed by atoms with E-state index in [1.807, 2.05) is 24.4 Å². The molecular weight excluding hydrogens is 515 g/mol. The fourth-order valence-corrected chi connectivity index (χ4v) is 6.67. The van der Waals surface area contributed by atoms with E-state index >= 15 is 0 Å². The van der Waals surface area contributed by atoms with Crippen LogP contribution in [0.3, 0.4) is 0 Å². The SMILES string of the molecule is CN1CCCC1c1ccc(NC2C=C(c3ccc(F)c(NC(=O)c4cc5c(s4)CCCC5)c3)NNC2=O)nc1. The highest BCUT2D eigenvalue weighted by molar-refractivity contribution is 7.14. The lowest BCUT2D eigenvalue weighted by molar-refractivity contribution is -0.121. The first kappa shape index (κ1) is 25.5. The molecule has 1 fully saturated rings. The van der Waals surface area contributed by atoms with E-state index in [0.29, 0.717) is 28.0 Å². The van der Waals surface area contributed by atoms with Gasteiger partial charge in [0.2, 0.25) is 0 Å². The van der Waals surface area contributed by atoms with Crippen LogP contribution in [0.15, 0.2) is 48.7 Å². The zero-order valence-corrected chi connectivity index (χ0v) is 22.5. The van der Waals surface area contributed by atoms with Crippen molar-refractivity contribution in [3.63, 3.8) is 0 Å². The van der Waals surface area contributed by atoms with Gasteiger partial charge in [-0.05, 0) is 99.7 Å². The molecule has 2 aliphatic heterocycles. The standard InChI is InChI=1S/C29H31FN6O2S/c1-36-12-4-6-24(36)19-9-11-27(31-16-19)32-23-15-21(34-35-28(23)37)17-8-10-20(30)22(13-17)33-29(38)26-14-18-5-2-3-7-25(18)39-26/h8-11,13-16,23-24,34H,2-7,12H2,1H3,(H,31,32)(H,33,38)(H,35,37). The molecule has 10 heteroatoms. The number of hydrogen-bond donors (Lipinski definition) is 4. The first-order valence-corrected chi connectivity index (χ1v) is 14.2. The van der Waals surface area contributed by atoms with Crippen LogP contribution in [0, 0.1) is 5.82 Å². The van der Waals surface area contributed by atoms with Crippen molar-refractivity contribution in [1.82, 2.24) is 20.7 Å². The number of benzene rings is 1. The number of pyridine rings is 1. The molecule has 39 heavy (non-hydrogen) atoms. The van der Waals surface area contributed by atoms with Crippen LogP contribution >= 0.6 is 11.3 Å². The monoisotopic (exact) mass is 546 g/mol. The van der Waals surface area contributed by atoms with Gasteiger partial charge in [0.15, 0.2) is 0 Å². The summed E-state index contributed by atoms with van der Waals surface area (Å²) in [5.41, 5.74) is 9.22. The first-order chi connectivity index (χ1) is 18.9. The van der Waals surface area contributed by atoms with E-state index < -0.39 is 11.9 Å². The fraction of sp³-hybridized carbons (Fsp3) is 0.345. The van der Waals surface area contributed by atoms with Crippen LogP contribution < -0.4 is 21.5 Å². The summed E-state index contributed by atoms with van der Waals surface area (Å²) in [4.78, 5) is 34.2. The second-order valence-electron chi connectivity index (χ2n) is 10.3. The lowest BCUT2D eigenvalue weighted by atomic mass is 9.99. The summed E-state index contributed by atoms with van der Waals surface area (Å²) in [6.07, 6.45) is 10.1. The number of aryl methyl sites for hydroxylation is 2. The molecule has 3 aromatic rings. The van der Waals surface area contributed by atoms with E-state index in [1.54, 1.807) is 18.2 Å². The Morgan fingerprint density at radius 1 is 1.13 bits per heavy atom. The number of carbonyl (C=O) groups is 2. The number of nitrogens with one attached hydrogen (secondary N) is 4. The van der Waals surface area contributed by atoms with Gasteiger partial charge in [0.05, 0.1) is 16.3 Å². The van der Waals surface area contributed by atoms with Crippen LogP contribution in [0.5, 0.6) is 0 Å². The second kappa shape index (κ2) is 10.8. The molecule has 0 radical (unpaired) electrons. The lowest BCUT2D eigenvalue weighted by Crippen LogP contribution is -2.49. The van der Waals surface area contributed by atoms with Crippen molar-refractivity contribution >= 4 is 40.4 Å². The molecule has 1 saturated heterocycles. The molecule has 2 atom stereocenters. The summed E-state index contributed by atoms with van der Waals surface area (Å²) in [7, 11) is 2.12. The molecule has 2 aromatic heterocycles. The molecule has 2 amide bonds. The molecule has 8 nitrogen and oxygen atoms in total. The number of carbonyl (C=O) groups excluding carboxylic acids is 2. The van der Waals surface area contributed by atoms with Gasteiger partial charge in [-0.25, -0.2) is 9.37 Å². The quantitative estimate of drug-likeness (QED) is 0.360. The van der Waals surface area contributed by atoms with Crippen molar-refractivity contribution < 1.29 is 14.0 Å². The molecule has 4 N–H and O–H groups in total. The van der Waals surface area contributed by atoms with Gasteiger partial charge in [0.1, 0.15) is 17.7 Å². The number of amides is 2. The van der Waals surface area contributed by atoms with Crippen LogP contribution in [0.1, 0.15) is 63.0 Å². The number of nitrogens with zero attached hydrogens (tertiary/aromatic N) is 2. The average Bonchev–Trinajstić information content (AvgIpc) is 3.58. The molecule has 4 heterocycles. The van der Waals surface area contributed by atoms with Crippen LogP contribution in [-0.2, 0) is 17.6 Å². The highest BCUT2D eigenvalue weighted by Crippen LogP contribution is 2.32. The first-order valence-electron chi connectivity index (χ1n) is 13.4. The van der Waals surface area contributed by atoms with Crippen molar-refractivity contribution in [3.8, 4) is 0 Å². The predicted octanol–water partition coefficient (Wildman–Crippen LogP) is 4.64. The van der Waals surface area contributed by atoms with Gasteiger partial charge < -0.3 is 10.6 Å². The van der Waals surface area contributed by atoms with Gasteiger partial charge in [0.25, 0.3) is 11.8 Å². The van der Waals surface area contributed by atoms with Crippen molar-refractivity contribution in [2.24, 2.45) is 0 Å². The number of fused-ring (bicyclic) bond motifs is 1. The maximum atomic E-state index is 14.7. The Kier molecular flexibility index (Phi) is 7.05. The number of thiophene rings is 1. The van der Waals surface area contributed by atoms with E-state index in [2.05, 4.69) is 38.4 Å². The van der Waals surface area contributed by atoms with E-state index in [9.17, 15) is 14.0 Å². The zero-order valence-electron chi connectivity index (χ0n) is 21.7. The van der Waals surface area contributed by atoms with Gasteiger partial charge >= 0.3 is 0 Å². The minimum Gasteiger partial charge on any atom is -0.355 e. The Balaban J connectivity index is 1.17. The minimum atomic E-state index is -0.686. The summed E-state index contributed by atoms with van der Waals surface area (Å²) >= 11 is 1.49. The topological polar surface area (TPSA) is 98.4 Å². The van der Waals surface area contributed by atoms with Crippen molar-refractivity contribution in [2.45, 2.75) is 50.6 Å². The molecule has 1 aliphatic carbocycles. The summed E-state index contributed by atoms with van der Waals surface area (Å²) in [5, 5.41) is 5.90. The third-order valence-corrected chi connectivity index (χ3v) is 8.91. The largest absolute Gasteiger partial charge is 0.355 e. The highest BCUT2D eigenvalue weighted by Gasteiger charge is 2.25. The lowest BCUT2D eigenvalue weighted by Gasteiger charge is -2.25. The van der Waals surface area contributed by atoms with E-state index in [-0.39, 0.29) is 17.5 Å². The molecule has 0 bridgehead atoms. The normalized spacial score (nSPS) is 21.0. The van der Waals surface area contributed by atoms with Crippen LogP contribution in [0.2, 0.25) is 0 Å². The number of hydrazine groups is 1. The summed E-state index contributed by atoms with van der Waals surface area (Å²) < 4.78 is 14.7. The highest BCUT2D eigenvalue weighted by atomic mass is 32.1. The third-order valence-electron chi connectivity index (χ3n) is 7.68. The van der Waals surface area contributed by atoms with E-state index in [4.69, 9.17) is 0 Å². The van der Waals surface area contributed by atoms with Gasteiger partial charge in [-0.15, -0.1) is 11.3 Å². The smallest absolute Gasteiger partial charge is 0.265 e. The van der Waals surface area contributed by atoms with Crippen LogP contribution in [0.4, 0.5) is 15.9 Å². The zero-order chi connectivity index (χ0) is 26.9. The molecule has 0 spiro atoms.